The molecule has 3 nitrogen and oxygen atoms in total. The van der Waals surface area contributed by atoms with Gasteiger partial charge in [-0.1, -0.05) is 24.6 Å². The fourth-order valence-corrected chi connectivity index (χ4v) is 3.06. The first-order chi connectivity index (χ1) is 8.50. The minimum Gasteiger partial charge on any atom is -0.384 e. The minimum absolute atomic E-state index is 0.0430. The van der Waals surface area contributed by atoms with Crippen molar-refractivity contribution in [2.45, 2.75) is 32.7 Å². The predicted molar refractivity (Wildman–Crippen MR) is 77.7 cm³/mol. The average molecular weight is 266 g/mol. The molecule has 0 amide bonds. The second-order valence-electron chi connectivity index (χ2n) is 5.22. The van der Waals surface area contributed by atoms with Crippen LogP contribution in [0.1, 0.15) is 32.3 Å². The zero-order valence-electron chi connectivity index (χ0n) is 10.9. The van der Waals surface area contributed by atoms with E-state index in [9.17, 15) is 0 Å². The summed E-state index contributed by atoms with van der Waals surface area (Å²) in [5.74, 6) is 0.803. The van der Waals surface area contributed by atoms with Crippen molar-refractivity contribution < 1.29 is 0 Å². The monoisotopic (exact) mass is 265 g/mol. The van der Waals surface area contributed by atoms with Gasteiger partial charge in [0.2, 0.25) is 0 Å². The van der Waals surface area contributed by atoms with E-state index >= 15 is 0 Å². The summed E-state index contributed by atoms with van der Waals surface area (Å²) in [6, 6.07) is 6.19. The molecule has 3 N–H and O–H groups in total. The summed E-state index contributed by atoms with van der Waals surface area (Å²) in [6.07, 6.45) is 2.35. The molecule has 0 spiro atoms. The lowest BCUT2D eigenvalue weighted by atomic mass is 9.92. The van der Waals surface area contributed by atoms with Gasteiger partial charge in [-0.2, -0.15) is 0 Å². The molecule has 1 saturated heterocycles. The third-order valence-corrected chi connectivity index (χ3v) is 4.02. The van der Waals surface area contributed by atoms with Crippen LogP contribution in [0.5, 0.6) is 0 Å². The van der Waals surface area contributed by atoms with Crippen LogP contribution in [0.25, 0.3) is 0 Å². The van der Waals surface area contributed by atoms with Crippen molar-refractivity contribution in [3.63, 3.8) is 0 Å². The smallest absolute Gasteiger partial charge is 0.126 e. The van der Waals surface area contributed by atoms with E-state index < -0.39 is 0 Å². The van der Waals surface area contributed by atoms with Gasteiger partial charge in [0.1, 0.15) is 5.84 Å². The van der Waals surface area contributed by atoms with E-state index in [-0.39, 0.29) is 5.84 Å². The molecule has 18 heavy (non-hydrogen) atoms. The first kappa shape index (κ1) is 13.2. The number of benzene rings is 1. The maximum atomic E-state index is 7.71. The second-order valence-corrected chi connectivity index (χ2v) is 5.63. The Bertz CT molecular complexity index is 458. The van der Waals surface area contributed by atoms with Gasteiger partial charge >= 0.3 is 0 Å². The van der Waals surface area contributed by atoms with Crippen LogP contribution in [0.15, 0.2) is 18.2 Å². The summed E-state index contributed by atoms with van der Waals surface area (Å²) in [6.45, 7) is 5.52. The van der Waals surface area contributed by atoms with E-state index in [1.807, 2.05) is 12.1 Å². The molecule has 0 radical (unpaired) electrons. The van der Waals surface area contributed by atoms with Crippen LogP contribution in [0.3, 0.4) is 0 Å². The van der Waals surface area contributed by atoms with Crippen molar-refractivity contribution in [1.29, 1.82) is 5.41 Å². The Morgan fingerprint density at radius 2 is 2.17 bits per heavy atom. The van der Waals surface area contributed by atoms with Gasteiger partial charge in [0.05, 0.1) is 10.6 Å². The van der Waals surface area contributed by atoms with Gasteiger partial charge in [-0.3, -0.25) is 5.41 Å². The van der Waals surface area contributed by atoms with Crippen LogP contribution < -0.4 is 10.6 Å². The quantitative estimate of drug-likeness (QED) is 0.637. The third-order valence-electron chi connectivity index (χ3n) is 3.71. The second kappa shape index (κ2) is 5.19. The standard InChI is InChI=1S/C14H20ClN3/c1-9-6-7-18(10(2)8-9)12-5-3-4-11(15)13(12)14(16)17/h3-5,9-10H,6-8H2,1-2H3,(H3,16,17). The van der Waals surface area contributed by atoms with E-state index in [0.29, 0.717) is 16.6 Å². The summed E-state index contributed by atoms with van der Waals surface area (Å²) in [5, 5.41) is 8.27. The number of rotatable bonds is 2. The van der Waals surface area contributed by atoms with Crippen molar-refractivity contribution in [3.8, 4) is 0 Å². The van der Waals surface area contributed by atoms with Crippen molar-refractivity contribution in [1.82, 2.24) is 0 Å². The number of anilines is 1. The van der Waals surface area contributed by atoms with Gasteiger partial charge < -0.3 is 10.6 Å². The van der Waals surface area contributed by atoms with Crippen molar-refractivity contribution >= 4 is 23.1 Å². The largest absolute Gasteiger partial charge is 0.384 e. The highest BCUT2D eigenvalue weighted by Crippen LogP contribution is 2.33. The molecule has 0 aromatic heterocycles. The normalized spacial score (nSPS) is 24.1. The fourth-order valence-electron chi connectivity index (χ4n) is 2.78. The Morgan fingerprint density at radius 1 is 1.44 bits per heavy atom. The lowest BCUT2D eigenvalue weighted by Gasteiger charge is -2.39. The van der Waals surface area contributed by atoms with Crippen LogP contribution in [-0.2, 0) is 0 Å². The molecule has 1 aromatic rings. The van der Waals surface area contributed by atoms with Gasteiger partial charge in [0.15, 0.2) is 0 Å². The van der Waals surface area contributed by atoms with Gasteiger partial charge in [-0.05, 0) is 37.8 Å². The Hall–Kier alpha value is -1.22. The number of halogens is 1. The number of nitrogens with two attached hydrogens (primary N) is 1. The summed E-state index contributed by atoms with van der Waals surface area (Å²) in [4.78, 5) is 2.32. The summed E-state index contributed by atoms with van der Waals surface area (Å²) in [5.41, 5.74) is 7.33. The highest BCUT2D eigenvalue weighted by Gasteiger charge is 2.25. The van der Waals surface area contributed by atoms with Crippen LogP contribution in [-0.4, -0.2) is 18.4 Å². The van der Waals surface area contributed by atoms with Crippen molar-refractivity contribution in [2.75, 3.05) is 11.4 Å². The van der Waals surface area contributed by atoms with Crippen LogP contribution in [0.2, 0.25) is 5.02 Å². The van der Waals surface area contributed by atoms with Crippen molar-refractivity contribution in [3.05, 3.63) is 28.8 Å². The molecule has 2 unspecified atom stereocenters. The number of nitrogens with zero attached hydrogens (tertiary/aromatic N) is 1. The number of amidine groups is 1. The fraction of sp³-hybridized carbons (Fsp3) is 0.500. The molecule has 98 valence electrons. The minimum atomic E-state index is 0.0430. The lowest BCUT2D eigenvalue weighted by molar-refractivity contribution is 0.378. The Morgan fingerprint density at radius 3 is 2.78 bits per heavy atom. The highest BCUT2D eigenvalue weighted by molar-refractivity contribution is 6.34. The molecular weight excluding hydrogens is 246 g/mol. The van der Waals surface area contributed by atoms with Crippen LogP contribution in [0.4, 0.5) is 5.69 Å². The number of nitrogen functional groups attached to an aromatic ring is 1. The number of piperidine rings is 1. The van der Waals surface area contributed by atoms with Gasteiger partial charge in [0.25, 0.3) is 0 Å². The first-order valence-electron chi connectivity index (χ1n) is 6.40. The van der Waals surface area contributed by atoms with Gasteiger partial charge in [-0.15, -0.1) is 0 Å². The zero-order valence-corrected chi connectivity index (χ0v) is 11.7. The summed E-state index contributed by atoms with van der Waals surface area (Å²) < 4.78 is 0. The zero-order chi connectivity index (χ0) is 13.3. The average Bonchev–Trinajstić information content (AvgIpc) is 2.28. The number of hydrogen-bond acceptors (Lipinski definition) is 2. The molecule has 0 saturated carbocycles. The molecule has 4 heteroatoms. The molecular formula is C14H20ClN3. The maximum Gasteiger partial charge on any atom is 0.126 e. The summed E-state index contributed by atoms with van der Waals surface area (Å²) >= 11 is 6.17. The Balaban J connectivity index is 2.39. The number of nitrogens with one attached hydrogen (secondary N) is 1. The van der Waals surface area contributed by atoms with E-state index in [2.05, 4.69) is 18.7 Å². The molecule has 1 aliphatic heterocycles. The van der Waals surface area contributed by atoms with Crippen molar-refractivity contribution in [2.24, 2.45) is 11.7 Å². The topological polar surface area (TPSA) is 53.1 Å². The molecule has 0 aliphatic carbocycles. The SMILES string of the molecule is CC1CCN(c2cccc(Cl)c2C(=N)N)C(C)C1. The predicted octanol–water partition coefficient (Wildman–Crippen LogP) is 3.25. The first-order valence-corrected chi connectivity index (χ1v) is 6.78. The van der Waals surface area contributed by atoms with E-state index in [1.54, 1.807) is 6.07 Å². The highest BCUT2D eigenvalue weighted by atomic mass is 35.5. The molecule has 2 atom stereocenters. The molecule has 1 heterocycles. The molecule has 2 rings (SSSR count). The Labute approximate surface area is 113 Å². The van der Waals surface area contributed by atoms with E-state index in [1.165, 1.54) is 12.8 Å². The van der Waals surface area contributed by atoms with Gasteiger partial charge in [0, 0.05) is 18.3 Å². The van der Waals surface area contributed by atoms with E-state index in [0.717, 1.165) is 18.2 Å². The summed E-state index contributed by atoms with van der Waals surface area (Å²) in [7, 11) is 0. The van der Waals surface area contributed by atoms with Crippen LogP contribution in [0, 0.1) is 11.3 Å². The third kappa shape index (κ3) is 2.46. The molecule has 0 bridgehead atoms. The lowest BCUT2D eigenvalue weighted by Crippen LogP contribution is -2.41. The number of hydrogen-bond donors (Lipinski definition) is 2. The Kier molecular flexibility index (Phi) is 3.81. The molecule has 1 fully saturated rings. The van der Waals surface area contributed by atoms with Crippen LogP contribution >= 0.6 is 11.6 Å². The molecule has 1 aromatic carbocycles. The molecule has 1 aliphatic rings. The van der Waals surface area contributed by atoms with Gasteiger partial charge in [-0.25, -0.2) is 0 Å². The maximum absolute atomic E-state index is 7.71. The van der Waals surface area contributed by atoms with E-state index in [4.69, 9.17) is 22.7 Å².